The van der Waals surface area contributed by atoms with Crippen LogP contribution in [0, 0.1) is 11.3 Å². The minimum absolute atomic E-state index is 0.168. The van der Waals surface area contributed by atoms with E-state index in [4.69, 9.17) is 16.3 Å². The largest absolute Gasteiger partial charge is 0.491 e. The Morgan fingerprint density at radius 2 is 2.05 bits per heavy atom. The molecule has 1 unspecified atom stereocenters. The van der Waals surface area contributed by atoms with Crippen LogP contribution in [0.2, 0.25) is 5.02 Å². The normalized spacial score (nSPS) is 11.5. The summed E-state index contributed by atoms with van der Waals surface area (Å²) in [6.45, 7) is 4.11. The zero-order valence-electron chi connectivity index (χ0n) is 12.1. The molecular formula is C17H17ClN2O. The van der Waals surface area contributed by atoms with Gasteiger partial charge in [-0.1, -0.05) is 30.7 Å². The van der Waals surface area contributed by atoms with Crippen LogP contribution in [0.25, 0.3) is 0 Å². The van der Waals surface area contributed by atoms with Crippen molar-refractivity contribution in [2.75, 3.05) is 5.32 Å². The van der Waals surface area contributed by atoms with E-state index in [2.05, 4.69) is 18.3 Å². The molecule has 2 aromatic carbocycles. The van der Waals surface area contributed by atoms with E-state index in [0.29, 0.717) is 16.3 Å². The van der Waals surface area contributed by atoms with Crippen LogP contribution in [-0.2, 0) is 0 Å². The Bertz CT molecular complexity index is 664. The molecule has 2 aromatic rings. The molecule has 0 bridgehead atoms. The van der Waals surface area contributed by atoms with E-state index in [0.717, 1.165) is 17.9 Å². The fourth-order valence-corrected chi connectivity index (χ4v) is 2.08. The molecule has 1 N–H and O–H groups in total. The first-order valence-electron chi connectivity index (χ1n) is 6.86. The molecule has 2 rings (SSSR count). The summed E-state index contributed by atoms with van der Waals surface area (Å²) in [7, 11) is 0. The van der Waals surface area contributed by atoms with Crippen molar-refractivity contribution in [2.24, 2.45) is 0 Å². The van der Waals surface area contributed by atoms with Gasteiger partial charge in [0.25, 0.3) is 0 Å². The van der Waals surface area contributed by atoms with E-state index >= 15 is 0 Å². The fraction of sp³-hybridized carbons (Fsp3) is 0.235. The SMILES string of the molecule is CCC(C)Oc1cccc(Nc2cccc(Cl)c2C#N)c1. The number of nitriles is 1. The molecule has 0 aliphatic carbocycles. The zero-order valence-corrected chi connectivity index (χ0v) is 12.8. The van der Waals surface area contributed by atoms with Gasteiger partial charge in [-0.2, -0.15) is 5.26 Å². The maximum atomic E-state index is 9.18. The Balaban J connectivity index is 2.23. The van der Waals surface area contributed by atoms with Gasteiger partial charge in [-0.05, 0) is 37.6 Å². The standard InChI is InChI=1S/C17H17ClN2O/c1-3-12(2)21-14-7-4-6-13(10-14)20-17-9-5-8-16(18)15(17)11-19/h4-10,12,20H,3H2,1-2H3. The highest BCUT2D eigenvalue weighted by Gasteiger charge is 2.07. The van der Waals surface area contributed by atoms with Gasteiger partial charge in [0.15, 0.2) is 0 Å². The minimum Gasteiger partial charge on any atom is -0.491 e. The second kappa shape index (κ2) is 7.01. The Kier molecular flexibility index (Phi) is 5.08. The number of rotatable bonds is 5. The molecule has 0 aromatic heterocycles. The number of hydrogen-bond donors (Lipinski definition) is 1. The molecule has 0 saturated heterocycles. The lowest BCUT2D eigenvalue weighted by Gasteiger charge is -2.14. The highest BCUT2D eigenvalue weighted by molar-refractivity contribution is 6.32. The van der Waals surface area contributed by atoms with Crippen molar-refractivity contribution >= 4 is 23.0 Å². The Labute approximate surface area is 130 Å². The number of ether oxygens (including phenoxy) is 1. The maximum absolute atomic E-state index is 9.18. The van der Waals surface area contributed by atoms with Gasteiger partial charge in [-0.3, -0.25) is 0 Å². The third-order valence-electron chi connectivity index (χ3n) is 3.15. The van der Waals surface area contributed by atoms with Crippen LogP contribution in [0.4, 0.5) is 11.4 Å². The predicted octanol–water partition coefficient (Wildman–Crippen LogP) is 5.13. The molecule has 1 atom stereocenters. The van der Waals surface area contributed by atoms with E-state index in [1.54, 1.807) is 6.07 Å². The van der Waals surface area contributed by atoms with Crippen LogP contribution < -0.4 is 10.1 Å². The number of nitrogens with one attached hydrogen (secondary N) is 1. The molecule has 0 heterocycles. The molecule has 0 aliphatic heterocycles. The average Bonchev–Trinajstić information content (AvgIpc) is 2.48. The van der Waals surface area contributed by atoms with E-state index in [1.165, 1.54) is 0 Å². The van der Waals surface area contributed by atoms with Crippen LogP contribution in [0.5, 0.6) is 5.75 Å². The summed E-state index contributed by atoms with van der Waals surface area (Å²) in [5, 5.41) is 12.8. The summed E-state index contributed by atoms with van der Waals surface area (Å²) in [5.74, 6) is 0.801. The zero-order chi connectivity index (χ0) is 15.2. The molecule has 4 heteroatoms. The summed E-state index contributed by atoms with van der Waals surface area (Å²) >= 11 is 6.03. The van der Waals surface area contributed by atoms with Gasteiger partial charge in [0, 0.05) is 11.8 Å². The summed E-state index contributed by atoms with van der Waals surface area (Å²) < 4.78 is 5.79. The first-order chi connectivity index (χ1) is 10.1. The molecule has 0 fully saturated rings. The highest BCUT2D eigenvalue weighted by atomic mass is 35.5. The van der Waals surface area contributed by atoms with Gasteiger partial charge in [-0.25, -0.2) is 0 Å². The van der Waals surface area contributed by atoms with E-state index in [9.17, 15) is 5.26 Å². The molecule has 0 aliphatic rings. The van der Waals surface area contributed by atoms with Gasteiger partial charge in [-0.15, -0.1) is 0 Å². The van der Waals surface area contributed by atoms with Crippen molar-refractivity contribution in [3.8, 4) is 11.8 Å². The monoisotopic (exact) mass is 300 g/mol. The van der Waals surface area contributed by atoms with Crippen LogP contribution >= 0.6 is 11.6 Å². The lowest BCUT2D eigenvalue weighted by atomic mass is 10.2. The number of anilines is 2. The molecule has 21 heavy (non-hydrogen) atoms. The molecule has 0 saturated carbocycles. The second-order valence-corrected chi connectivity index (χ2v) is 5.17. The topological polar surface area (TPSA) is 45.0 Å². The van der Waals surface area contributed by atoms with Crippen LogP contribution in [0.15, 0.2) is 42.5 Å². The van der Waals surface area contributed by atoms with Crippen molar-refractivity contribution in [2.45, 2.75) is 26.4 Å². The Morgan fingerprint density at radius 1 is 1.29 bits per heavy atom. The number of benzene rings is 2. The summed E-state index contributed by atoms with van der Waals surface area (Å²) in [5.41, 5.74) is 1.98. The highest BCUT2D eigenvalue weighted by Crippen LogP contribution is 2.28. The number of halogens is 1. The van der Waals surface area contributed by atoms with Crippen molar-refractivity contribution < 1.29 is 4.74 Å². The molecule has 108 valence electrons. The molecule has 0 radical (unpaired) electrons. The van der Waals surface area contributed by atoms with Crippen LogP contribution in [0.3, 0.4) is 0 Å². The third-order valence-corrected chi connectivity index (χ3v) is 3.47. The minimum atomic E-state index is 0.168. The summed E-state index contributed by atoms with van der Waals surface area (Å²) in [6.07, 6.45) is 1.12. The van der Waals surface area contributed by atoms with E-state index < -0.39 is 0 Å². The fourth-order valence-electron chi connectivity index (χ4n) is 1.86. The molecule has 3 nitrogen and oxygen atoms in total. The third kappa shape index (κ3) is 3.90. The van der Waals surface area contributed by atoms with Crippen LogP contribution in [-0.4, -0.2) is 6.10 Å². The van der Waals surface area contributed by atoms with Crippen molar-refractivity contribution in [3.05, 3.63) is 53.1 Å². The smallest absolute Gasteiger partial charge is 0.121 e. The molecule has 0 spiro atoms. The Hall–Kier alpha value is -2.18. The van der Waals surface area contributed by atoms with Crippen molar-refractivity contribution in [1.82, 2.24) is 0 Å². The first-order valence-corrected chi connectivity index (χ1v) is 7.24. The summed E-state index contributed by atoms with van der Waals surface area (Å²) in [6, 6.07) is 15.1. The molecule has 0 amide bonds. The van der Waals surface area contributed by atoms with E-state index in [-0.39, 0.29) is 6.10 Å². The lowest BCUT2D eigenvalue weighted by molar-refractivity contribution is 0.217. The molecular weight excluding hydrogens is 284 g/mol. The Morgan fingerprint density at radius 3 is 2.76 bits per heavy atom. The van der Waals surface area contributed by atoms with Crippen LogP contribution in [0.1, 0.15) is 25.8 Å². The second-order valence-electron chi connectivity index (χ2n) is 4.76. The summed E-state index contributed by atoms with van der Waals surface area (Å²) in [4.78, 5) is 0. The number of nitrogens with zero attached hydrogens (tertiary/aromatic N) is 1. The van der Waals surface area contributed by atoms with Gasteiger partial charge in [0.05, 0.1) is 22.4 Å². The number of hydrogen-bond acceptors (Lipinski definition) is 3. The maximum Gasteiger partial charge on any atom is 0.121 e. The first kappa shape index (κ1) is 15.2. The quantitative estimate of drug-likeness (QED) is 0.832. The average molecular weight is 301 g/mol. The van der Waals surface area contributed by atoms with E-state index in [1.807, 2.05) is 43.3 Å². The van der Waals surface area contributed by atoms with Gasteiger partial charge < -0.3 is 10.1 Å². The lowest BCUT2D eigenvalue weighted by Crippen LogP contribution is -2.09. The van der Waals surface area contributed by atoms with Gasteiger partial charge in [0.1, 0.15) is 11.8 Å². The predicted molar refractivity (Wildman–Crippen MR) is 86.3 cm³/mol. The van der Waals surface area contributed by atoms with Crippen molar-refractivity contribution in [1.29, 1.82) is 5.26 Å². The van der Waals surface area contributed by atoms with Crippen molar-refractivity contribution in [3.63, 3.8) is 0 Å². The van der Waals surface area contributed by atoms with Gasteiger partial charge in [0.2, 0.25) is 0 Å². The van der Waals surface area contributed by atoms with Gasteiger partial charge >= 0.3 is 0 Å².